The molecule has 5 heteroatoms. The van der Waals surface area contributed by atoms with Crippen LogP contribution in [0.15, 0.2) is 18.2 Å². The Morgan fingerprint density at radius 2 is 2.29 bits per heavy atom. The van der Waals surface area contributed by atoms with E-state index in [0.717, 1.165) is 12.8 Å². The Balaban J connectivity index is 1.75. The molecule has 1 aliphatic heterocycles. The standard InChI is InChI=1S/C16H21FN2O2/c1-21-9-12-4-3-11(7-13(12)17)15(20)19-8-14(18)16(10-19)5-2-6-16/h3-4,7,14H,2,5-6,8-10,18H2,1H3. The van der Waals surface area contributed by atoms with Crippen molar-refractivity contribution < 1.29 is 13.9 Å². The average molecular weight is 292 g/mol. The van der Waals surface area contributed by atoms with E-state index in [1.54, 1.807) is 17.0 Å². The summed E-state index contributed by atoms with van der Waals surface area (Å²) >= 11 is 0. The van der Waals surface area contributed by atoms with E-state index < -0.39 is 5.82 Å². The Hall–Kier alpha value is -1.46. The third-order valence-electron chi connectivity index (χ3n) is 4.95. The molecule has 1 aromatic rings. The number of ether oxygens (including phenoxy) is 1. The highest BCUT2D eigenvalue weighted by Crippen LogP contribution is 2.47. The van der Waals surface area contributed by atoms with Crippen LogP contribution in [-0.2, 0) is 11.3 Å². The SMILES string of the molecule is COCc1ccc(C(=O)N2CC(N)C3(CCC3)C2)cc1F. The number of likely N-dealkylation sites (tertiary alicyclic amines) is 1. The molecule has 0 aromatic heterocycles. The lowest BCUT2D eigenvalue weighted by molar-refractivity contribution is 0.0726. The summed E-state index contributed by atoms with van der Waals surface area (Å²) < 4.78 is 18.8. The van der Waals surface area contributed by atoms with Crippen LogP contribution in [0.3, 0.4) is 0 Å². The van der Waals surface area contributed by atoms with Crippen molar-refractivity contribution in [2.45, 2.75) is 31.9 Å². The zero-order valence-corrected chi connectivity index (χ0v) is 12.3. The summed E-state index contributed by atoms with van der Waals surface area (Å²) in [5.41, 5.74) is 7.15. The number of halogens is 1. The summed E-state index contributed by atoms with van der Waals surface area (Å²) in [6, 6.07) is 4.62. The molecule has 0 bridgehead atoms. The Kier molecular flexibility index (Phi) is 3.71. The minimum atomic E-state index is -0.399. The minimum Gasteiger partial charge on any atom is -0.380 e. The second-order valence-electron chi connectivity index (χ2n) is 6.25. The van der Waals surface area contributed by atoms with E-state index in [0.29, 0.717) is 24.2 Å². The topological polar surface area (TPSA) is 55.6 Å². The van der Waals surface area contributed by atoms with Gasteiger partial charge in [0.15, 0.2) is 0 Å². The van der Waals surface area contributed by atoms with Gasteiger partial charge < -0.3 is 15.4 Å². The molecule has 1 unspecified atom stereocenters. The van der Waals surface area contributed by atoms with Gasteiger partial charge in [0.05, 0.1) is 6.61 Å². The highest BCUT2D eigenvalue weighted by atomic mass is 19.1. The van der Waals surface area contributed by atoms with Crippen molar-refractivity contribution in [3.8, 4) is 0 Å². The van der Waals surface area contributed by atoms with Gasteiger partial charge in [0.2, 0.25) is 0 Å². The zero-order chi connectivity index (χ0) is 15.0. The van der Waals surface area contributed by atoms with E-state index in [1.807, 2.05) is 0 Å². The molecular weight excluding hydrogens is 271 g/mol. The number of amides is 1. The van der Waals surface area contributed by atoms with Gasteiger partial charge in [-0.15, -0.1) is 0 Å². The van der Waals surface area contributed by atoms with Crippen molar-refractivity contribution in [1.82, 2.24) is 4.90 Å². The van der Waals surface area contributed by atoms with Gasteiger partial charge in [-0.25, -0.2) is 4.39 Å². The van der Waals surface area contributed by atoms with Crippen molar-refractivity contribution in [1.29, 1.82) is 0 Å². The number of hydrogen-bond acceptors (Lipinski definition) is 3. The van der Waals surface area contributed by atoms with Gasteiger partial charge in [-0.3, -0.25) is 4.79 Å². The summed E-state index contributed by atoms with van der Waals surface area (Å²) in [5.74, 6) is -0.526. The molecule has 114 valence electrons. The molecule has 1 aliphatic carbocycles. The number of rotatable bonds is 3. The van der Waals surface area contributed by atoms with Gasteiger partial charge in [-0.2, -0.15) is 0 Å². The summed E-state index contributed by atoms with van der Waals surface area (Å²) in [7, 11) is 1.52. The summed E-state index contributed by atoms with van der Waals surface area (Å²) in [6.07, 6.45) is 3.38. The fourth-order valence-corrected chi connectivity index (χ4v) is 3.44. The Bertz CT molecular complexity index is 557. The number of nitrogens with zero attached hydrogens (tertiary/aromatic N) is 1. The van der Waals surface area contributed by atoms with Crippen LogP contribution in [0.1, 0.15) is 35.2 Å². The van der Waals surface area contributed by atoms with E-state index >= 15 is 0 Å². The lowest BCUT2D eigenvalue weighted by atomic mass is 9.66. The molecule has 1 spiro atoms. The lowest BCUT2D eigenvalue weighted by Crippen LogP contribution is -2.45. The van der Waals surface area contributed by atoms with Crippen molar-refractivity contribution in [3.05, 3.63) is 35.1 Å². The fourth-order valence-electron chi connectivity index (χ4n) is 3.44. The monoisotopic (exact) mass is 292 g/mol. The number of methoxy groups -OCH3 is 1. The Labute approximate surface area is 124 Å². The van der Waals surface area contributed by atoms with Crippen LogP contribution in [0, 0.1) is 11.2 Å². The molecule has 1 atom stereocenters. The number of hydrogen-bond donors (Lipinski definition) is 1. The van der Waals surface area contributed by atoms with Crippen molar-refractivity contribution >= 4 is 5.91 Å². The van der Waals surface area contributed by atoms with Crippen molar-refractivity contribution in [2.75, 3.05) is 20.2 Å². The molecule has 2 N–H and O–H groups in total. The maximum atomic E-state index is 13.9. The van der Waals surface area contributed by atoms with Gasteiger partial charge in [-0.05, 0) is 25.0 Å². The van der Waals surface area contributed by atoms with Gasteiger partial charge in [-0.1, -0.05) is 12.5 Å². The van der Waals surface area contributed by atoms with Crippen LogP contribution in [0.2, 0.25) is 0 Å². The summed E-state index contributed by atoms with van der Waals surface area (Å²) in [4.78, 5) is 14.3. The molecule has 1 aromatic carbocycles. The molecule has 0 radical (unpaired) electrons. The third-order valence-corrected chi connectivity index (χ3v) is 4.95. The van der Waals surface area contributed by atoms with Crippen LogP contribution in [0.4, 0.5) is 4.39 Å². The summed E-state index contributed by atoms with van der Waals surface area (Å²) in [5, 5.41) is 0. The second kappa shape index (κ2) is 5.39. The molecule has 2 aliphatic rings. The first-order valence-electron chi connectivity index (χ1n) is 7.38. The largest absolute Gasteiger partial charge is 0.380 e. The van der Waals surface area contributed by atoms with Gasteiger partial charge in [0, 0.05) is 42.8 Å². The van der Waals surface area contributed by atoms with E-state index in [-0.39, 0.29) is 24.0 Å². The predicted octanol–water partition coefficient (Wildman–Crippen LogP) is 1.93. The number of carbonyl (C=O) groups excluding carboxylic acids is 1. The molecular formula is C16H21FN2O2. The van der Waals surface area contributed by atoms with Gasteiger partial charge >= 0.3 is 0 Å². The minimum absolute atomic E-state index is 0.0489. The molecule has 1 saturated heterocycles. The predicted molar refractivity (Wildman–Crippen MR) is 77.3 cm³/mol. The second-order valence-corrected chi connectivity index (χ2v) is 6.25. The van der Waals surface area contributed by atoms with Gasteiger partial charge in [0.1, 0.15) is 5.82 Å². The van der Waals surface area contributed by atoms with E-state index in [4.69, 9.17) is 10.5 Å². The first kappa shape index (κ1) is 14.5. The van der Waals surface area contributed by atoms with Crippen molar-refractivity contribution in [3.63, 3.8) is 0 Å². The molecule has 21 heavy (non-hydrogen) atoms. The van der Waals surface area contributed by atoms with E-state index in [2.05, 4.69) is 0 Å². The fraction of sp³-hybridized carbons (Fsp3) is 0.562. The molecule has 1 amide bonds. The first-order chi connectivity index (χ1) is 10.1. The normalized spacial score (nSPS) is 23.4. The smallest absolute Gasteiger partial charge is 0.254 e. The van der Waals surface area contributed by atoms with E-state index in [1.165, 1.54) is 19.6 Å². The van der Waals surface area contributed by atoms with Crippen molar-refractivity contribution in [2.24, 2.45) is 11.1 Å². The third kappa shape index (κ3) is 2.45. The first-order valence-corrected chi connectivity index (χ1v) is 7.38. The molecule has 4 nitrogen and oxygen atoms in total. The van der Waals surface area contributed by atoms with Crippen LogP contribution in [-0.4, -0.2) is 37.0 Å². The average Bonchev–Trinajstić information content (AvgIpc) is 2.78. The molecule has 1 heterocycles. The van der Waals surface area contributed by atoms with Crippen LogP contribution >= 0.6 is 0 Å². The van der Waals surface area contributed by atoms with Crippen LogP contribution in [0.25, 0.3) is 0 Å². The highest BCUT2D eigenvalue weighted by molar-refractivity contribution is 5.94. The highest BCUT2D eigenvalue weighted by Gasteiger charge is 2.49. The quantitative estimate of drug-likeness (QED) is 0.926. The maximum absolute atomic E-state index is 13.9. The lowest BCUT2D eigenvalue weighted by Gasteiger charge is -2.41. The number of benzene rings is 1. The molecule has 1 saturated carbocycles. The van der Waals surface area contributed by atoms with Gasteiger partial charge in [0.25, 0.3) is 5.91 Å². The Morgan fingerprint density at radius 1 is 1.52 bits per heavy atom. The molecule has 2 fully saturated rings. The number of nitrogens with two attached hydrogens (primary N) is 1. The zero-order valence-electron chi connectivity index (χ0n) is 12.3. The maximum Gasteiger partial charge on any atom is 0.254 e. The van der Waals surface area contributed by atoms with E-state index in [9.17, 15) is 9.18 Å². The van der Waals surface area contributed by atoms with Crippen LogP contribution < -0.4 is 5.73 Å². The number of carbonyl (C=O) groups is 1. The van der Waals surface area contributed by atoms with Crippen LogP contribution in [0.5, 0.6) is 0 Å². The molecule has 3 rings (SSSR count). The Morgan fingerprint density at radius 3 is 2.81 bits per heavy atom. The summed E-state index contributed by atoms with van der Waals surface area (Å²) in [6.45, 7) is 1.48.